The van der Waals surface area contributed by atoms with Crippen molar-refractivity contribution in [2.75, 3.05) is 27.7 Å². The number of halogens is 1. The zero-order valence-electron chi connectivity index (χ0n) is 22.8. The van der Waals surface area contributed by atoms with E-state index in [0.29, 0.717) is 12.5 Å². The summed E-state index contributed by atoms with van der Waals surface area (Å²) in [4.78, 5) is 42.4. The lowest BCUT2D eigenvalue weighted by Gasteiger charge is -2.50. The molecule has 4 atom stereocenters. The molecule has 39 heavy (non-hydrogen) atoms. The summed E-state index contributed by atoms with van der Waals surface area (Å²) in [6.07, 6.45) is 0.722. The summed E-state index contributed by atoms with van der Waals surface area (Å²) in [7, 11) is 4.94. The van der Waals surface area contributed by atoms with E-state index in [0.717, 1.165) is 6.42 Å². The van der Waals surface area contributed by atoms with Gasteiger partial charge in [0.1, 0.15) is 28.7 Å². The fourth-order valence-corrected chi connectivity index (χ4v) is 6.32. The van der Waals surface area contributed by atoms with Gasteiger partial charge in [-0.25, -0.2) is 4.39 Å². The highest BCUT2D eigenvalue weighted by molar-refractivity contribution is 6.24. The Balaban J connectivity index is 1.82. The minimum Gasteiger partial charge on any atom is -0.510 e. The lowest BCUT2D eigenvalue weighted by Crippen LogP contribution is -2.63. The number of aromatic hydroxyl groups is 1. The molecule has 1 aromatic rings. The van der Waals surface area contributed by atoms with Crippen molar-refractivity contribution in [1.29, 1.82) is 0 Å². The van der Waals surface area contributed by atoms with Crippen LogP contribution in [0.2, 0.25) is 0 Å². The lowest BCUT2D eigenvalue weighted by molar-refractivity contribution is -0.148. The molecule has 1 amide bonds. The summed E-state index contributed by atoms with van der Waals surface area (Å²) in [6, 6.07) is 0.0883. The van der Waals surface area contributed by atoms with Crippen LogP contribution in [-0.2, 0) is 22.6 Å². The molecule has 4 rings (SSSR count). The Bertz CT molecular complexity index is 1320. The number of nitrogens with zero attached hydrogens (tertiary/aromatic N) is 2. The number of primary amides is 1. The molecule has 0 heterocycles. The van der Waals surface area contributed by atoms with E-state index in [9.17, 15) is 34.8 Å². The molecule has 6 N–H and O–H groups in total. The molecule has 0 saturated heterocycles. The van der Waals surface area contributed by atoms with Crippen LogP contribution >= 0.6 is 0 Å². The average Bonchev–Trinajstić information content (AvgIpc) is 2.82. The molecule has 10 nitrogen and oxygen atoms in total. The largest absolute Gasteiger partial charge is 0.510 e. The number of likely N-dealkylation sites (N-methyl/N-ethyl adjacent to an activating group) is 1. The molecule has 3 aliphatic rings. The number of Topliss-reactive ketones (excluding diaryl/α,β-unsaturated/α-hetero) is 2. The van der Waals surface area contributed by atoms with Crippen molar-refractivity contribution < 1.29 is 39.2 Å². The van der Waals surface area contributed by atoms with Crippen molar-refractivity contribution in [3.05, 3.63) is 51.2 Å². The number of nitrogens with two attached hydrogens (primary N) is 1. The molecule has 0 bridgehead atoms. The first kappa shape index (κ1) is 28.7. The minimum absolute atomic E-state index is 0.000349. The molecule has 0 aliphatic heterocycles. The smallest absolute Gasteiger partial charge is 0.255 e. The number of allylic oxidation sites excluding steroid dienone is 1. The normalized spacial score (nSPS) is 26.9. The molecular formula is C28H36FN3O7. The molecule has 212 valence electrons. The van der Waals surface area contributed by atoms with Crippen LogP contribution < -0.4 is 5.73 Å². The van der Waals surface area contributed by atoms with Gasteiger partial charge in [-0.05, 0) is 64.9 Å². The number of hydrogen-bond donors (Lipinski definition) is 5. The van der Waals surface area contributed by atoms with E-state index in [-0.39, 0.29) is 41.6 Å². The molecular weight excluding hydrogens is 509 g/mol. The number of phenolic OH excluding ortho intramolecular Hbond substituents is 1. The highest BCUT2D eigenvalue weighted by Gasteiger charge is 2.63. The van der Waals surface area contributed by atoms with Crippen LogP contribution in [0.1, 0.15) is 48.2 Å². The van der Waals surface area contributed by atoms with Crippen molar-refractivity contribution in [3.8, 4) is 5.75 Å². The topological polar surface area (TPSA) is 165 Å². The summed E-state index contributed by atoms with van der Waals surface area (Å²) >= 11 is 0. The Morgan fingerprint density at radius 1 is 1.21 bits per heavy atom. The predicted octanol–water partition coefficient (Wildman–Crippen LogP) is 1.74. The summed E-state index contributed by atoms with van der Waals surface area (Å²) in [5.41, 5.74) is 1.31. The van der Waals surface area contributed by atoms with E-state index in [1.807, 2.05) is 11.9 Å². The van der Waals surface area contributed by atoms with Crippen LogP contribution in [0.25, 0.3) is 0 Å². The monoisotopic (exact) mass is 545 g/mol. The third-order valence-corrected chi connectivity index (χ3v) is 8.26. The first-order valence-electron chi connectivity index (χ1n) is 13.0. The summed E-state index contributed by atoms with van der Waals surface area (Å²) in [5.74, 6) is -7.75. The quantitative estimate of drug-likeness (QED) is 0.321. The van der Waals surface area contributed by atoms with E-state index in [4.69, 9.17) is 5.73 Å². The van der Waals surface area contributed by atoms with Gasteiger partial charge >= 0.3 is 0 Å². The molecule has 0 fully saturated rings. The van der Waals surface area contributed by atoms with Crippen LogP contribution in [0.15, 0.2) is 28.7 Å². The Labute approximate surface area is 226 Å². The van der Waals surface area contributed by atoms with E-state index in [1.54, 1.807) is 14.1 Å². The summed E-state index contributed by atoms with van der Waals surface area (Å²) in [6.45, 7) is 5.09. The van der Waals surface area contributed by atoms with E-state index in [1.165, 1.54) is 11.0 Å². The Hall–Kier alpha value is -3.28. The van der Waals surface area contributed by atoms with Gasteiger partial charge in [0, 0.05) is 29.2 Å². The molecule has 0 saturated carbocycles. The van der Waals surface area contributed by atoms with Gasteiger partial charge in [0.05, 0.1) is 11.6 Å². The van der Waals surface area contributed by atoms with E-state index in [2.05, 4.69) is 13.8 Å². The van der Waals surface area contributed by atoms with Crippen molar-refractivity contribution in [1.82, 2.24) is 9.80 Å². The maximum absolute atomic E-state index is 15.8. The second-order valence-corrected chi connectivity index (χ2v) is 11.6. The Morgan fingerprint density at radius 2 is 1.85 bits per heavy atom. The second-order valence-electron chi connectivity index (χ2n) is 11.6. The van der Waals surface area contributed by atoms with Gasteiger partial charge in [-0.1, -0.05) is 13.8 Å². The Morgan fingerprint density at radius 3 is 2.41 bits per heavy atom. The van der Waals surface area contributed by atoms with Gasteiger partial charge in [0.25, 0.3) is 5.91 Å². The molecule has 1 aromatic carbocycles. The van der Waals surface area contributed by atoms with Gasteiger partial charge < -0.3 is 31.1 Å². The maximum Gasteiger partial charge on any atom is 0.255 e. The summed E-state index contributed by atoms with van der Waals surface area (Å²) in [5, 5.41) is 44.5. The van der Waals surface area contributed by atoms with E-state index < -0.39 is 69.6 Å². The minimum atomic E-state index is -2.72. The zero-order valence-corrected chi connectivity index (χ0v) is 22.8. The highest BCUT2D eigenvalue weighted by Crippen LogP contribution is 2.52. The van der Waals surface area contributed by atoms with Crippen LogP contribution in [0, 0.1) is 23.6 Å². The molecule has 0 spiro atoms. The number of aliphatic hydroxyl groups excluding tert-OH is 2. The molecule has 0 radical (unpaired) electrons. The van der Waals surface area contributed by atoms with Crippen molar-refractivity contribution in [3.63, 3.8) is 0 Å². The third-order valence-electron chi connectivity index (χ3n) is 8.26. The number of amides is 1. The van der Waals surface area contributed by atoms with Gasteiger partial charge in [-0.2, -0.15) is 0 Å². The number of ketones is 2. The number of aliphatic hydroxyl groups is 3. The lowest BCUT2D eigenvalue weighted by atomic mass is 9.58. The number of rotatable bonds is 7. The third kappa shape index (κ3) is 4.42. The van der Waals surface area contributed by atoms with Gasteiger partial charge in [0.15, 0.2) is 11.4 Å². The van der Waals surface area contributed by atoms with Crippen LogP contribution in [-0.4, -0.2) is 87.0 Å². The molecule has 3 aliphatic carbocycles. The maximum atomic E-state index is 15.8. The number of benzene rings is 1. The highest BCUT2D eigenvalue weighted by atomic mass is 19.1. The first-order valence-corrected chi connectivity index (χ1v) is 13.0. The fraction of sp³-hybridized carbons (Fsp3) is 0.536. The number of carbonyl (C=O) groups excluding carboxylic acids is 3. The standard InChI is InChI=1S/C28H36FN3O7/c1-12(2)6-7-32(5)11-14-10-17(33)19-15(21(14)29)8-13-9-16-22(31(3)4)24(35)20(27(30)38)26(37)28(16,39)25(36)18(13)23(19)34/h10,12-13,16,22,33,35-36,39H,6-9,11H2,1-5H3,(H2,30,38)/t13-,16-,22-,28-/m0/s1. The molecule has 0 aromatic heterocycles. The molecule has 11 heteroatoms. The molecule has 0 unspecified atom stereocenters. The Kier molecular flexibility index (Phi) is 7.39. The van der Waals surface area contributed by atoms with Gasteiger partial charge in [-0.15, -0.1) is 0 Å². The van der Waals surface area contributed by atoms with Crippen molar-refractivity contribution >= 4 is 17.5 Å². The van der Waals surface area contributed by atoms with Crippen LogP contribution in [0.5, 0.6) is 5.75 Å². The number of fused-ring (bicyclic) bond motifs is 3. The number of hydrogen-bond acceptors (Lipinski definition) is 9. The zero-order chi connectivity index (χ0) is 29.1. The number of phenols is 1. The van der Waals surface area contributed by atoms with Gasteiger partial charge in [-0.3, -0.25) is 19.3 Å². The SMILES string of the molecule is CC(C)CCN(C)Cc1cc(O)c2c(c1F)C[C@H]1C[C@H]3[C@H](N(C)C)C(O)=C(C(N)=O)C(=O)[C@@]3(O)C(O)=C1C2=O. The van der Waals surface area contributed by atoms with Gasteiger partial charge in [0.2, 0.25) is 5.78 Å². The first-order chi connectivity index (χ1) is 18.1. The predicted molar refractivity (Wildman–Crippen MR) is 139 cm³/mol. The van der Waals surface area contributed by atoms with Crippen molar-refractivity contribution in [2.24, 2.45) is 23.5 Å². The number of carbonyl (C=O) groups is 3. The summed E-state index contributed by atoms with van der Waals surface area (Å²) < 4.78 is 15.8. The fourth-order valence-electron chi connectivity index (χ4n) is 6.32. The average molecular weight is 546 g/mol. The van der Waals surface area contributed by atoms with E-state index >= 15 is 4.39 Å². The van der Waals surface area contributed by atoms with Crippen LogP contribution in [0.3, 0.4) is 0 Å². The van der Waals surface area contributed by atoms with Crippen LogP contribution in [0.4, 0.5) is 4.39 Å². The second kappa shape index (κ2) is 10.0. The van der Waals surface area contributed by atoms with Crippen molar-refractivity contribution in [2.45, 2.75) is 51.3 Å².